The number of hydrogen-bond donors (Lipinski definition) is 1. The van der Waals surface area contributed by atoms with Gasteiger partial charge in [-0.3, -0.25) is 4.98 Å². The maximum Gasteiger partial charge on any atom is 0.154 e. The summed E-state index contributed by atoms with van der Waals surface area (Å²) < 4.78 is 5.36. The van der Waals surface area contributed by atoms with Crippen LogP contribution in [0.15, 0.2) is 36.7 Å². The lowest BCUT2D eigenvalue weighted by atomic mass is 9.78. The maximum absolute atomic E-state index is 5.36. The summed E-state index contributed by atoms with van der Waals surface area (Å²) in [7, 11) is 0. The normalized spacial score (nSPS) is 17.8. The number of fused-ring (bicyclic) bond motifs is 1. The summed E-state index contributed by atoms with van der Waals surface area (Å²) in [5, 5.41) is 11.5. The molecule has 0 radical (unpaired) electrons. The van der Waals surface area contributed by atoms with Crippen LogP contribution >= 0.6 is 0 Å². The van der Waals surface area contributed by atoms with Crippen molar-refractivity contribution in [3.05, 3.63) is 42.2 Å². The van der Waals surface area contributed by atoms with Gasteiger partial charge in [0, 0.05) is 13.1 Å². The Hall–Kier alpha value is -2.80. The van der Waals surface area contributed by atoms with Gasteiger partial charge in [-0.15, -0.1) is 5.10 Å². The van der Waals surface area contributed by atoms with Crippen molar-refractivity contribution in [2.24, 2.45) is 5.41 Å². The topological polar surface area (TPSA) is 76.1 Å². The van der Waals surface area contributed by atoms with Crippen LogP contribution in [0, 0.1) is 5.41 Å². The van der Waals surface area contributed by atoms with Gasteiger partial charge in [0.05, 0.1) is 47.7 Å². The molecule has 0 aromatic carbocycles. The Morgan fingerprint density at radius 1 is 1.07 bits per heavy atom. The summed E-state index contributed by atoms with van der Waals surface area (Å²) >= 11 is 0. The van der Waals surface area contributed by atoms with Crippen molar-refractivity contribution in [3.63, 3.8) is 0 Å². The van der Waals surface area contributed by atoms with E-state index in [1.54, 1.807) is 6.20 Å². The molecule has 1 spiro atoms. The lowest BCUT2D eigenvalue weighted by molar-refractivity contribution is -0.127. The van der Waals surface area contributed by atoms with E-state index in [1.165, 1.54) is 0 Å². The third-order valence-corrected chi connectivity index (χ3v) is 5.36. The molecule has 7 nitrogen and oxygen atoms in total. The molecule has 3 aromatic rings. The maximum atomic E-state index is 5.36. The molecule has 0 aliphatic carbocycles. The van der Waals surface area contributed by atoms with Crippen LogP contribution in [0.3, 0.4) is 0 Å². The van der Waals surface area contributed by atoms with Gasteiger partial charge < -0.3 is 15.0 Å². The van der Waals surface area contributed by atoms with Gasteiger partial charge in [0.25, 0.3) is 0 Å². The van der Waals surface area contributed by atoms with Crippen LogP contribution in [-0.4, -0.2) is 46.5 Å². The van der Waals surface area contributed by atoms with Crippen molar-refractivity contribution in [1.82, 2.24) is 20.2 Å². The summed E-state index contributed by atoms with van der Waals surface area (Å²) in [5.41, 5.74) is 4.39. The van der Waals surface area contributed by atoms with Crippen molar-refractivity contribution in [1.29, 1.82) is 0 Å². The molecule has 2 saturated heterocycles. The summed E-state index contributed by atoms with van der Waals surface area (Å²) in [5.74, 6) is 1.84. The van der Waals surface area contributed by atoms with Crippen LogP contribution < -0.4 is 10.2 Å². The quantitative estimate of drug-likeness (QED) is 0.764. The smallest absolute Gasteiger partial charge is 0.154 e. The molecule has 27 heavy (non-hydrogen) atoms. The molecule has 5 heterocycles. The molecule has 1 N–H and O–H groups in total. The predicted octanol–water partition coefficient (Wildman–Crippen LogP) is 3.12. The first-order chi connectivity index (χ1) is 13.1. The van der Waals surface area contributed by atoms with Crippen LogP contribution in [0.4, 0.5) is 17.3 Å². The second-order valence-electron chi connectivity index (χ2n) is 7.93. The number of anilines is 3. The van der Waals surface area contributed by atoms with E-state index in [1.807, 2.05) is 24.4 Å². The highest BCUT2D eigenvalue weighted by atomic mass is 16.5. The SMILES string of the molecule is CC(C)c1cnnc(Nc2ccc3ncc(N4CC5(COC5)C4)cc3n2)c1. The molecule has 2 aliphatic heterocycles. The Balaban J connectivity index is 1.38. The first kappa shape index (κ1) is 16.4. The minimum atomic E-state index is 0.381. The molecular weight excluding hydrogens is 340 g/mol. The Bertz CT molecular complexity index is 993. The van der Waals surface area contributed by atoms with Gasteiger partial charge in [-0.05, 0) is 35.7 Å². The number of pyridine rings is 2. The standard InChI is InChI=1S/C20H22N6O/c1-13(2)14-5-19(25-22-7-14)24-18-4-3-16-17(23-18)6-15(8-21-16)26-9-20(10-26)11-27-12-20/h3-8,13H,9-12H2,1-2H3,(H,23,24,25). The molecule has 2 aliphatic rings. The first-order valence-corrected chi connectivity index (χ1v) is 9.29. The zero-order valence-electron chi connectivity index (χ0n) is 15.5. The number of rotatable bonds is 4. The number of hydrogen-bond acceptors (Lipinski definition) is 7. The summed E-state index contributed by atoms with van der Waals surface area (Å²) in [4.78, 5) is 11.6. The number of ether oxygens (including phenoxy) is 1. The summed E-state index contributed by atoms with van der Waals surface area (Å²) in [6.45, 7) is 8.11. The fraction of sp³-hybridized carbons (Fsp3) is 0.400. The Labute approximate surface area is 157 Å². The number of nitrogens with one attached hydrogen (secondary N) is 1. The molecule has 0 unspecified atom stereocenters. The molecule has 5 rings (SSSR count). The van der Waals surface area contributed by atoms with Crippen LogP contribution in [0.25, 0.3) is 11.0 Å². The van der Waals surface area contributed by atoms with Gasteiger partial charge in [0.2, 0.25) is 0 Å². The third-order valence-electron chi connectivity index (χ3n) is 5.36. The van der Waals surface area contributed by atoms with E-state index in [0.717, 1.165) is 54.4 Å². The van der Waals surface area contributed by atoms with Crippen LogP contribution in [0.5, 0.6) is 0 Å². The molecule has 3 aromatic heterocycles. The predicted molar refractivity (Wildman–Crippen MR) is 104 cm³/mol. The first-order valence-electron chi connectivity index (χ1n) is 9.29. The molecular formula is C20H22N6O. The van der Waals surface area contributed by atoms with Gasteiger partial charge in [0.15, 0.2) is 5.82 Å². The van der Waals surface area contributed by atoms with Crippen molar-refractivity contribution in [2.45, 2.75) is 19.8 Å². The molecule has 0 amide bonds. The number of aromatic nitrogens is 4. The minimum absolute atomic E-state index is 0.381. The van der Waals surface area contributed by atoms with E-state index in [4.69, 9.17) is 9.72 Å². The van der Waals surface area contributed by atoms with Gasteiger partial charge >= 0.3 is 0 Å². The van der Waals surface area contributed by atoms with E-state index in [0.29, 0.717) is 17.2 Å². The van der Waals surface area contributed by atoms with Crippen molar-refractivity contribution in [2.75, 3.05) is 36.5 Å². The van der Waals surface area contributed by atoms with Crippen molar-refractivity contribution < 1.29 is 4.74 Å². The number of nitrogens with zero attached hydrogens (tertiary/aromatic N) is 5. The van der Waals surface area contributed by atoms with Crippen molar-refractivity contribution >= 4 is 28.4 Å². The average molecular weight is 362 g/mol. The minimum Gasteiger partial charge on any atom is -0.380 e. The van der Waals surface area contributed by atoms with E-state index in [2.05, 4.69) is 45.3 Å². The monoisotopic (exact) mass is 362 g/mol. The highest BCUT2D eigenvalue weighted by Crippen LogP contribution is 2.40. The van der Waals surface area contributed by atoms with Crippen LogP contribution in [-0.2, 0) is 4.74 Å². The van der Waals surface area contributed by atoms with E-state index in [9.17, 15) is 0 Å². The molecule has 7 heteroatoms. The van der Waals surface area contributed by atoms with Gasteiger partial charge in [0.1, 0.15) is 5.82 Å². The summed E-state index contributed by atoms with van der Waals surface area (Å²) in [6.07, 6.45) is 3.73. The fourth-order valence-corrected chi connectivity index (χ4v) is 3.65. The van der Waals surface area contributed by atoms with Crippen LogP contribution in [0.2, 0.25) is 0 Å². The zero-order valence-corrected chi connectivity index (χ0v) is 15.5. The molecule has 2 fully saturated rings. The lowest BCUT2D eigenvalue weighted by Crippen LogP contribution is -2.66. The second-order valence-corrected chi connectivity index (χ2v) is 7.93. The Morgan fingerprint density at radius 2 is 1.93 bits per heavy atom. The van der Waals surface area contributed by atoms with Crippen molar-refractivity contribution in [3.8, 4) is 0 Å². The Morgan fingerprint density at radius 3 is 2.67 bits per heavy atom. The average Bonchev–Trinajstić information content (AvgIpc) is 2.59. The third kappa shape index (κ3) is 2.98. The van der Waals surface area contributed by atoms with E-state index < -0.39 is 0 Å². The van der Waals surface area contributed by atoms with Gasteiger partial charge in [-0.2, -0.15) is 5.10 Å². The molecule has 0 saturated carbocycles. The van der Waals surface area contributed by atoms with Crippen LogP contribution in [0.1, 0.15) is 25.3 Å². The molecule has 0 atom stereocenters. The molecule has 138 valence electrons. The lowest BCUT2D eigenvalue weighted by Gasteiger charge is -2.55. The van der Waals surface area contributed by atoms with Gasteiger partial charge in [-0.1, -0.05) is 13.8 Å². The zero-order chi connectivity index (χ0) is 18.4. The second kappa shape index (κ2) is 6.13. The molecule has 0 bridgehead atoms. The highest BCUT2D eigenvalue weighted by molar-refractivity contribution is 5.80. The van der Waals surface area contributed by atoms with E-state index >= 15 is 0 Å². The van der Waals surface area contributed by atoms with Gasteiger partial charge in [-0.25, -0.2) is 4.98 Å². The van der Waals surface area contributed by atoms with E-state index in [-0.39, 0.29) is 0 Å². The largest absolute Gasteiger partial charge is 0.380 e. The Kier molecular flexibility index (Phi) is 3.72. The fourth-order valence-electron chi connectivity index (χ4n) is 3.65. The highest BCUT2D eigenvalue weighted by Gasteiger charge is 2.49. The summed E-state index contributed by atoms with van der Waals surface area (Å²) in [6, 6.07) is 8.02.